The van der Waals surface area contributed by atoms with Gasteiger partial charge in [-0.1, -0.05) is 0 Å². The Kier molecular flexibility index (Phi) is 23.3. The van der Waals surface area contributed by atoms with Crippen molar-refractivity contribution < 1.29 is 130 Å². The van der Waals surface area contributed by atoms with Gasteiger partial charge in [0.1, 0.15) is 5.60 Å². The summed E-state index contributed by atoms with van der Waals surface area (Å²) >= 11 is 0. The average Bonchev–Trinajstić information content (AvgIpc) is 1.95. The zero-order valence-electron chi connectivity index (χ0n) is 10.8. The molecule has 0 aliphatic rings. The molecule has 15 heteroatoms. The molecule has 0 unspecified atom stereocenters. The van der Waals surface area contributed by atoms with Crippen LogP contribution in [0.1, 0.15) is 12.8 Å². The molecule has 0 saturated carbocycles. The second-order valence-corrected chi connectivity index (χ2v) is 3.89. The summed E-state index contributed by atoms with van der Waals surface area (Å²) in [5, 5.41) is 38.9. The van der Waals surface area contributed by atoms with Gasteiger partial charge in [0.15, 0.2) is 0 Å². The first kappa shape index (κ1) is 33.6. The summed E-state index contributed by atoms with van der Waals surface area (Å²) in [6, 6.07) is 0. The molecular weight excluding hydrogens is 381 g/mol. The summed E-state index contributed by atoms with van der Waals surface area (Å²) in [6.07, 6.45) is -2.72. The number of hydrogen-bond acceptors (Lipinski definition) is 9. The van der Waals surface area contributed by atoms with Gasteiger partial charge >= 0.3 is 76.2 Å². The molecule has 0 aliphatic heterocycles. The number of aliphatic hydroxyl groups is 1. The fourth-order valence-corrected chi connectivity index (χ4v) is 0.684. The molecule has 0 heterocycles. The van der Waals surface area contributed by atoms with Crippen molar-refractivity contribution in [3.05, 3.63) is 0 Å². The minimum atomic E-state index is -4.89. The molecular formula is C6H7FeNa2O11P. The van der Waals surface area contributed by atoms with Gasteiger partial charge in [0.2, 0.25) is 0 Å². The van der Waals surface area contributed by atoms with Crippen molar-refractivity contribution in [3.8, 4) is 0 Å². The van der Waals surface area contributed by atoms with E-state index in [0.29, 0.717) is 0 Å². The second-order valence-electron chi connectivity index (χ2n) is 2.91. The van der Waals surface area contributed by atoms with Crippen LogP contribution in [-0.4, -0.2) is 38.4 Å². The van der Waals surface area contributed by atoms with Crippen LogP contribution in [0.5, 0.6) is 0 Å². The van der Waals surface area contributed by atoms with Crippen molar-refractivity contribution in [2.75, 3.05) is 0 Å². The van der Waals surface area contributed by atoms with Crippen LogP contribution in [0.4, 0.5) is 0 Å². The number of carboxylic acids is 3. The van der Waals surface area contributed by atoms with Crippen LogP contribution in [0.25, 0.3) is 0 Å². The maximum atomic E-state index is 10.1. The fraction of sp³-hybridized carbons (Fsp3) is 0.500. The van der Waals surface area contributed by atoms with Gasteiger partial charge < -0.3 is 49.5 Å². The second kappa shape index (κ2) is 14.6. The Morgan fingerprint density at radius 3 is 1.24 bits per heavy atom. The van der Waals surface area contributed by atoms with E-state index in [2.05, 4.69) is 0 Å². The Balaban J connectivity index is -0.0000000933. The van der Waals surface area contributed by atoms with E-state index in [1.165, 1.54) is 0 Å². The van der Waals surface area contributed by atoms with Gasteiger partial charge in [0, 0.05) is 24.8 Å². The molecule has 0 aliphatic carbocycles. The van der Waals surface area contributed by atoms with Gasteiger partial charge in [-0.15, -0.1) is 0 Å². The molecule has 0 atom stereocenters. The molecule has 3 N–H and O–H groups in total. The summed E-state index contributed by atoms with van der Waals surface area (Å²) in [7, 11) is -4.89. The van der Waals surface area contributed by atoms with Crippen molar-refractivity contribution in [3.63, 3.8) is 0 Å². The van der Waals surface area contributed by atoms with E-state index in [-0.39, 0.29) is 76.2 Å². The zero-order valence-corrected chi connectivity index (χ0v) is 16.8. The first-order valence-electron chi connectivity index (χ1n) is 3.88. The Morgan fingerprint density at radius 2 is 1.14 bits per heavy atom. The molecule has 0 aromatic heterocycles. The van der Waals surface area contributed by atoms with E-state index in [1.807, 2.05) is 0 Å². The molecule has 0 spiro atoms. The molecule has 0 bridgehead atoms. The fourth-order valence-electron chi connectivity index (χ4n) is 0.684. The molecule has 0 aromatic carbocycles. The average molecular weight is 388 g/mol. The maximum absolute atomic E-state index is 10.1. The van der Waals surface area contributed by atoms with E-state index < -0.39 is 44.2 Å². The number of carboxylic acid groups (broad SMARTS) is 3. The maximum Gasteiger partial charge on any atom is 2.00 e. The van der Waals surface area contributed by atoms with Crippen LogP contribution in [0, 0.1) is 0 Å². The predicted octanol–water partition coefficient (Wildman–Crippen LogP) is -12.8. The van der Waals surface area contributed by atoms with Crippen molar-refractivity contribution in [2.24, 2.45) is 0 Å². The van der Waals surface area contributed by atoms with E-state index >= 15 is 0 Å². The minimum Gasteiger partial charge on any atom is -0.756 e. The van der Waals surface area contributed by atoms with Crippen LogP contribution in [0.3, 0.4) is 0 Å². The number of carbonyl (C=O) groups is 3. The molecule has 0 aromatic rings. The van der Waals surface area contributed by atoms with E-state index in [1.54, 1.807) is 0 Å². The molecule has 21 heavy (non-hydrogen) atoms. The van der Waals surface area contributed by atoms with Gasteiger partial charge in [0.25, 0.3) is 7.82 Å². The first-order valence-corrected chi connectivity index (χ1v) is 5.41. The number of hydrogen-bond donors (Lipinski definition) is 3. The van der Waals surface area contributed by atoms with Crippen LogP contribution >= 0.6 is 7.82 Å². The third-order valence-electron chi connectivity index (χ3n) is 1.25. The SMILES string of the molecule is O=C([O-])CC(O)(CC(=O)[O-])C(=O)[O-].O=P([O-])(O)O.[Fe+2].[Na+].[Na+]. The van der Waals surface area contributed by atoms with Crippen molar-refractivity contribution in [1.29, 1.82) is 0 Å². The quantitative estimate of drug-likeness (QED) is 0.296. The Morgan fingerprint density at radius 1 is 0.952 bits per heavy atom. The predicted molar refractivity (Wildman–Crippen MR) is 41.2 cm³/mol. The van der Waals surface area contributed by atoms with E-state index in [9.17, 15) is 29.7 Å². The van der Waals surface area contributed by atoms with E-state index in [0.717, 1.165) is 0 Å². The van der Waals surface area contributed by atoms with Crippen LogP contribution in [0.15, 0.2) is 0 Å². The zero-order chi connectivity index (χ0) is 15.1. The normalized spacial score (nSPS) is 9.52. The number of carbonyl (C=O) groups excluding carboxylic acids is 3. The molecule has 0 rings (SSSR count). The number of rotatable bonds is 5. The van der Waals surface area contributed by atoms with Gasteiger partial charge in [0.05, 0.1) is 5.97 Å². The van der Waals surface area contributed by atoms with Gasteiger partial charge in [-0.3, -0.25) is 4.57 Å². The molecule has 0 radical (unpaired) electrons. The molecule has 0 saturated heterocycles. The van der Waals surface area contributed by atoms with Crippen LogP contribution < -0.4 is 79.3 Å². The molecule has 0 amide bonds. The molecule has 0 fully saturated rings. The monoisotopic (exact) mass is 388 g/mol. The van der Waals surface area contributed by atoms with Crippen LogP contribution in [0.2, 0.25) is 0 Å². The largest absolute Gasteiger partial charge is 2.00 e. The van der Waals surface area contributed by atoms with E-state index in [4.69, 9.17) is 24.4 Å². The van der Waals surface area contributed by atoms with Crippen LogP contribution in [-0.2, 0) is 36.0 Å². The molecule has 11 nitrogen and oxygen atoms in total. The Bertz CT molecular complexity index is 359. The van der Waals surface area contributed by atoms with Gasteiger partial charge in [-0.05, 0) is 0 Å². The Hall–Kier alpha value is 0.999. The summed E-state index contributed by atoms with van der Waals surface area (Å²) < 4.78 is 8.77. The third-order valence-corrected chi connectivity index (χ3v) is 1.25. The Labute approximate surface area is 173 Å². The van der Waals surface area contributed by atoms with Crippen molar-refractivity contribution in [2.45, 2.75) is 18.4 Å². The number of aliphatic carboxylic acids is 3. The summed E-state index contributed by atoms with van der Waals surface area (Å²) in [6.45, 7) is 0. The smallest absolute Gasteiger partial charge is 0.756 e. The summed E-state index contributed by atoms with van der Waals surface area (Å²) in [4.78, 5) is 52.9. The summed E-state index contributed by atoms with van der Waals surface area (Å²) in [5.41, 5.74) is -2.97. The number of phosphoric acid groups is 1. The van der Waals surface area contributed by atoms with Gasteiger partial charge in [-0.2, -0.15) is 0 Å². The van der Waals surface area contributed by atoms with Gasteiger partial charge in [-0.25, -0.2) is 0 Å². The molecule has 112 valence electrons. The summed E-state index contributed by atoms with van der Waals surface area (Å²) in [5.74, 6) is -5.98. The first-order chi connectivity index (χ1) is 7.78. The van der Waals surface area contributed by atoms with Crippen molar-refractivity contribution in [1.82, 2.24) is 0 Å². The topological polar surface area (TPSA) is 221 Å². The standard InChI is InChI=1S/C6H8O7.Fe.2Na.H3O4P/c7-3(8)1-6(13,5(11)12)2-4(9)10;;;;1-5(2,3)4/h13H,1-2H2,(H,7,8)(H,9,10)(H,11,12);;;;(H3,1,2,3,4)/q;+2;2*+1;/p-4. The third kappa shape index (κ3) is 26.2. The van der Waals surface area contributed by atoms with Crippen molar-refractivity contribution >= 4 is 25.7 Å². The minimum absolute atomic E-state index is 0.